The Balaban J connectivity index is 1.46. The molecule has 0 saturated carbocycles. The lowest BCUT2D eigenvalue weighted by Crippen LogP contribution is -2.37. The molecule has 1 amide bonds. The SMILES string of the molecule is COc1nc(N2CCC(CN(C)C)C2)nc(OC)c1NC(=O)C1OC(Oc2cccc([Si](C)(C)C)c2)=CC1=O. The van der Waals surface area contributed by atoms with Gasteiger partial charge in [-0.05, 0) is 38.6 Å². The van der Waals surface area contributed by atoms with Gasteiger partial charge in [0.05, 0.1) is 28.4 Å². The van der Waals surface area contributed by atoms with Crippen molar-refractivity contribution >= 4 is 36.6 Å². The van der Waals surface area contributed by atoms with Gasteiger partial charge in [0.1, 0.15) is 5.75 Å². The first-order chi connectivity index (χ1) is 18.5. The summed E-state index contributed by atoms with van der Waals surface area (Å²) < 4.78 is 22.3. The summed E-state index contributed by atoms with van der Waals surface area (Å²) in [6, 6.07) is 7.68. The normalized spacial score (nSPS) is 19.1. The minimum absolute atomic E-state index is 0.0419. The Hall–Kier alpha value is -3.64. The van der Waals surface area contributed by atoms with E-state index in [2.05, 4.69) is 64.9 Å². The lowest BCUT2D eigenvalue weighted by molar-refractivity contribution is -0.134. The first kappa shape index (κ1) is 28.4. The molecule has 0 spiro atoms. The van der Waals surface area contributed by atoms with Crippen LogP contribution in [0.25, 0.3) is 0 Å². The molecule has 210 valence electrons. The van der Waals surface area contributed by atoms with Crippen molar-refractivity contribution in [2.24, 2.45) is 5.92 Å². The molecule has 4 rings (SSSR count). The highest BCUT2D eigenvalue weighted by Gasteiger charge is 2.37. The second-order valence-corrected chi connectivity index (χ2v) is 16.1. The van der Waals surface area contributed by atoms with Gasteiger partial charge in [-0.25, -0.2) is 0 Å². The maximum Gasteiger partial charge on any atom is 0.289 e. The zero-order chi connectivity index (χ0) is 28.3. The highest BCUT2D eigenvalue weighted by atomic mass is 28.3. The van der Waals surface area contributed by atoms with E-state index in [-0.39, 0.29) is 23.4 Å². The standard InChI is InChI=1S/C27H37N5O6Si/c1-31(2)15-17-11-12-32(16-17)27-29-25(35-3)22(26(30-27)36-4)28-24(34)23-20(33)14-21(38-23)37-18-9-8-10-19(13-18)39(5,6)7/h8-10,13-14,17,23H,11-12,15-16H2,1-7H3,(H,28,34). The summed E-state index contributed by atoms with van der Waals surface area (Å²) >= 11 is 0. The number of carbonyl (C=O) groups is 2. The van der Waals surface area contributed by atoms with Crippen molar-refractivity contribution in [3.63, 3.8) is 0 Å². The molecule has 11 nitrogen and oxygen atoms in total. The summed E-state index contributed by atoms with van der Waals surface area (Å²) in [5, 5.41) is 3.85. The van der Waals surface area contributed by atoms with Gasteiger partial charge >= 0.3 is 0 Å². The van der Waals surface area contributed by atoms with E-state index < -0.39 is 25.9 Å². The van der Waals surface area contributed by atoms with Crippen LogP contribution in [0.5, 0.6) is 17.5 Å². The second-order valence-electron chi connectivity index (χ2n) is 11.0. The van der Waals surface area contributed by atoms with Crippen LogP contribution in [0.1, 0.15) is 6.42 Å². The number of aromatic nitrogens is 2. The van der Waals surface area contributed by atoms with Gasteiger partial charge in [-0.2, -0.15) is 9.97 Å². The van der Waals surface area contributed by atoms with Gasteiger partial charge in [-0.15, -0.1) is 0 Å². The van der Waals surface area contributed by atoms with E-state index in [0.29, 0.717) is 17.6 Å². The van der Waals surface area contributed by atoms with E-state index in [4.69, 9.17) is 18.9 Å². The zero-order valence-corrected chi connectivity index (χ0v) is 24.6. The minimum Gasteiger partial charge on any atom is -0.479 e. The Bertz CT molecular complexity index is 1240. The van der Waals surface area contributed by atoms with Gasteiger partial charge in [0.15, 0.2) is 5.69 Å². The number of nitrogens with one attached hydrogen (secondary N) is 1. The number of ketones is 1. The Morgan fingerprint density at radius 1 is 1.18 bits per heavy atom. The largest absolute Gasteiger partial charge is 0.479 e. The Morgan fingerprint density at radius 2 is 1.87 bits per heavy atom. The molecule has 0 radical (unpaired) electrons. The fourth-order valence-corrected chi connectivity index (χ4v) is 5.77. The highest BCUT2D eigenvalue weighted by molar-refractivity contribution is 6.88. The van der Waals surface area contributed by atoms with Gasteiger partial charge < -0.3 is 34.1 Å². The van der Waals surface area contributed by atoms with Gasteiger partial charge in [0.25, 0.3) is 11.9 Å². The molecule has 0 bridgehead atoms. The maximum absolute atomic E-state index is 13.1. The average Bonchev–Trinajstić information content (AvgIpc) is 3.49. The van der Waals surface area contributed by atoms with Crippen molar-refractivity contribution in [2.45, 2.75) is 32.2 Å². The first-order valence-corrected chi connectivity index (χ1v) is 16.4. The van der Waals surface area contributed by atoms with Crippen molar-refractivity contribution in [3.8, 4) is 17.5 Å². The number of ether oxygens (including phenoxy) is 4. The Kier molecular flexibility index (Phi) is 8.45. The molecule has 1 N–H and O–H groups in total. The van der Waals surface area contributed by atoms with Crippen LogP contribution < -0.4 is 29.6 Å². The monoisotopic (exact) mass is 555 g/mol. The first-order valence-electron chi connectivity index (χ1n) is 12.9. The molecule has 39 heavy (non-hydrogen) atoms. The summed E-state index contributed by atoms with van der Waals surface area (Å²) in [5.41, 5.74) is 0.117. The maximum atomic E-state index is 13.1. The number of benzene rings is 1. The quantitative estimate of drug-likeness (QED) is 0.346. The van der Waals surface area contributed by atoms with Gasteiger partial charge in [-0.3, -0.25) is 9.59 Å². The fraction of sp³-hybridized carbons (Fsp3) is 0.481. The molecule has 1 fully saturated rings. The molecule has 2 aliphatic heterocycles. The van der Waals surface area contributed by atoms with Crippen molar-refractivity contribution < 1.29 is 28.5 Å². The predicted octanol–water partition coefficient (Wildman–Crippen LogP) is 2.25. The van der Waals surface area contributed by atoms with Gasteiger partial charge in [0, 0.05) is 19.6 Å². The summed E-state index contributed by atoms with van der Waals surface area (Å²) in [6.07, 6.45) is 0.766. The topological polar surface area (TPSA) is 115 Å². The molecule has 2 atom stereocenters. The molecule has 2 aromatic rings. The number of methoxy groups -OCH3 is 2. The van der Waals surface area contributed by atoms with Gasteiger partial charge in [0.2, 0.25) is 29.6 Å². The van der Waals surface area contributed by atoms with Crippen LogP contribution >= 0.6 is 0 Å². The molecule has 0 aliphatic carbocycles. The van der Waals surface area contributed by atoms with E-state index in [1.54, 1.807) is 6.07 Å². The lowest BCUT2D eigenvalue weighted by Gasteiger charge is -2.21. The molecule has 1 saturated heterocycles. The molecule has 1 aromatic heterocycles. The second kappa shape index (κ2) is 11.6. The summed E-state index contributed by atoms with van der Waals surface area (Å²) in [4.78, 5) is 39.0. The lowest BCUT2D eigenvalue weighted by atomic mass is 10.1. The molecule has 3 heterocycles. The third-order valence-electron chi connectivity index (χ3n) is 6.57. The number of hydrogen-bond acceptors (Lipinski definition) is 10. The highest BCUT2D eigenvalue weighted by Crippen LogP contribution is 2.35. The summed E-state index contributed by atoms with van der Waals surface area (Å²) in [6.45, 7) is 9.26. The minimum atomic E-state index is -1.56. The third-order valence-corrected chi connectivity index (χ3v) is 8.61. The van der Waals surface area contributed by atoms with Gasteiger partial charge in [-0.1, -0.05) is 37.0 Å². The number of carbonyl (C=O) groups excluding carboxylic acids is 2. The van der Waals surface area contributed by atoms with Crippen LogP contribution in [0.4, 0.5) is 11.6 Å². The average molecular weight is 556 g/mol. The van der Waals surface area contributed by atoms with E-state index in [1.165, 1.54) is 25.5 Å². The van der Waals surface area contributed by atoms with Crippen molar-refractivity contribution in [3.05, 3.63) is 36.3 Å². The third kappa shape index (κ3) is 6.68. The predicted molar refractivity (Wildman–Crippen MR) is 151 cm³/mol. The van der Waals surface area contributed by atoms with E-state index in [0.717, 1.165) is 26.1 Å². The van der Waals surface area contributed by atoms with Crippen molar-refractivity contribution in [2.75, 3.05) is 58.2 Å². The van der Waals surface area contributed by atoms with Crippen LogP contribution in [-0.2, 0) is 14.3 Å². The Labute approximate surface area is 230 Å². The molecule has 2 unspecified atom stereocenters. The van der Waals surface area contributed by atoms with E-state index in [1.807, 2.05) is 12.1 Å². The van der Waals surface area contributed by atoms with Crippen LogP contribution in [0.15, 0.2) is 36.3 Å². The van der Waals surface area contributed by atoms with Crippen molar-refractivity contribution in [1.82, 2.24) is 14.9 Å². The number of nitrogens with zero attached hydrogens (tertiary/aromatic N) is 4. The molecule has 12 heteroatoms. The number of amides is 1. The van der Waals surface area contributed by atoms with Crippen LogP contribution in [0.2, 0.25) is 19.6 Å². The van der Waals surface area contributed by atoms with E-state index in [9.17, 15) is 9.59 Å². The fourth-order valence-electron chi connectivity index (χ4n) is 4.60. The van der Waals surface area contributed by atoms with Crippen LogP contribution in [0.3, 0.4) is 0 Å². The smallest absolute Gasteiger partial charge is 0.289 e. The zero-order valence-electron chi connectivity index (χ0n) is 23.6. The number of anilines is 2. The van der Waals surface area contributed by atoms with E-state index >= 15 is 0 Å². The molecular weight excluding hydrogens is 518 g/mol. The Morgan fingerprint density at radius 3 is 2.49 bits per heavy atom. The van der Waals surface area contributed by atoms with Crippen LogP contribution in [-0.4, -0.2) is 88.7 Å². The van der Waals surface area contributed by atoms with Crippen molar-refractivity contribution in [1.29, 1.82) is 0 Å². The molecular formula is C27H37N5O6Si. The summed E-state index contributed by atoms with van der Waals surface area (Å²) in [7, 11) is 5.43. The molecule has 2 aliphatic rings. The summed E-state index contributed by atoms with van der Waals surface area (Å²) in [5.74, 6) is 0.436. The number of rotatable bonds is 10. The number of hydrogen-bond donors (Lipinski definition) is 1. The molecule has 1 aromatic carbocycles. The van der Waals surface area contributed by atoms with Crippen LogP contribution in [0, 0.1) is 5.92 Å².